The van der Waals surface area contributed by atoms with Gasteiger partial charge < -0.3 is 10.6 Å². The summed E-state index contributed by atoms with van der Waals surface area (Å²) in [7, 11) is 0. The third-order valence-corrected chi connectivity index (χ3v) is 4.58. The van der Waals surface area contributed by atoms with Crippen LogP contribution in [-0.2, 0) is 11.3 Å². The monoisotopic (exact) mass is 258 g/mol. The third kappa shape index (κ3) is 2.66. The maximum absolute atomic E-state index is 12.3. The van der Waals surface area contributed by atoms with Crippen LogP contribution < -0.4 is 10.6 Å². The number of carbonyl (C=O) groups excluding carboxylic acids is 1. The Balaban J connectivity index is 1.57. The van der Waals surface area contributed by atoms with Gasteiger partial charge in [-0.2, -0.15) is 0 Å². The molecule has 19 heavy (non-hydrogen) atoms. The second-order valence-electron chi connectivity index (χ2n) is 5.95. The number of nitrogens with one attached hydrogen (secondary N) is 2. The molecule has 0 bridgehead atoms. The molecular weight excluding hydrogens is 236 g/mol. The first-order valence-electron chi connectivity index (χ1n) is 7.30. The normalized spacial score (nSPS) is 29.2. The number of hydrogen-bond donors (Lipinski definition) is 2. The number of aryl methyl sites for hydroxylation is 1. The fraction of sp³-hybridized carbons (Fsp3) is 0.562. The van der Waals surface area contributed by atoms with E-state index in [1.54, 1.807) is 0 Å². The van der Waals surface area contributed by atoms with Gasteiger partial charge in [0.2, 0.25) is 5.91 Å². The molecule has 1 amide bonds. The van der Waals surface area contributed by atoms with Crippen molar-refractivity contribution in [1.29, 1.82) is 0 Å². The molecule has 1 heterocycles. The molecule has 3 unspecified atom stereocenters. The summed E-state index contributed by atoms with van der Waals surface area (Å²) >= 11 is 0. The van der Waals surface area contributed by atoms with Gasteiger partial charge in [-0.15, -0.1) is 0 Å². The van der Waals surface area contributed by atoms with E-state index in [0.29, 0.717) is 12.5 Å². The summed E-state index contributed by atoms with van der Waals surface area (Å²) in [6.45, 7) is 3.73. The van der Waals surface area contributed by atoms with Crippen LogP contribution in [-0.4, -0.2) is 18.5 Å². The van der Waals surface area contributed by atoms with E-state index in [9.17, 15) is 4.79 Å². The highest BCUT2D eigenvalue weighted by Crippen LogP contribution is 2.37. The second kappa shape index (κ2) is 5.33. The first kappa shape index (κ1) is 12.7. The Hall–Kier alpha value is -1.35. The molecule has 2 aliphatic rings. The number of amides is 1. The number of carbonyl (C=O) groups is 1. The summed E-state index contributed by atoms with van der Waals surface area (Å²) in [6, 6.07) is 8.34. The van der Waals surface area contributed by atoms with Gasteiger partial charge in [0.25, 0.3) is 0 Å². The van der Waals surface area contributed by atoms with E-state index >= 15 is 0 Å². The molecule has 2 fully saturated rings. The van der Waals surface area contributed by atoms with Gasteiger partial charge in [-0.1, -0.05) is 36.2 Å². The maximum atomic E-state index is 12.3. The lowest BCUT2D eigenvalue weighted by atomic mass is 9.93. The van der Waals surface area contributed by atoms with Gasteiger partial charge in [0.15, 0.2) is 0 Å². The molecule has 1 saturated heterocycles. The van der Waals surface area contributed by atoms with E-state index in [-0.39, 0.29) is 11.9 Å². The highest BCUT2D eigenvalue weighted by molar-refractivity contribution is 5.82. The molecule has 1 saturated carbocycles. The van der Waals surface area contributed by atoms with Gasteiger partial charge in [-0.25, -0.2) is 0 Å². The van der Waals surface area contributed by atoms with Crippen LogP contribution in [0.25, 0.3) is 0 Å². The molecule has 102 valence electrons. The third-order valence-electron chi connectivity index (χ3n) is 4.58. The van der Waals surface area contributed by atoms with Crippen molar-refractivity contribution >= 4 is 5.91 Å². The van der Waals surface area contributed by atoms with Crippen molar-refractivity contribution in [2.24, 2.45) is 11.8 Å². The summed E-state index contributed by atoms with van der Waals surface area (Å²) in [5, 5.41) is 6.47. The van der Waals surface area contributed by atoms with E-state index in [1.807, 2.05) is 6.07 Å². The standard InChI is InChI=1S/C16H22N2O/c1-11-4-2-5-12(8-11)9-18-16(19)15-14-7-3-6-13(14)10-17-15/h2,4-5,8,13-15,17H,3,6-7,9-10H2,1H3,(H,18,19). The van der Waals surface area contributed by atoms with E-state index in [1.165, 1.54) is 30.4 Å². The van der Waals surface area contributed by atoms with Crippen LogP contribution in [0.15, 0.2) is 24.3 Å². The van der Waals surface area contributed by atoms with Crippen LogP contribution in [0.4, 0.5) is 0 Å². The minimum Gasteiger partial charge on any atom is -0.351 e. The van der Waals surface area contributed by atoms with Gasteiger partial charge in [0, 0.05) is 6.54 Å². The summed E-state index contributed by atoms with van der Waals surface area (Å²) in [6.07, 6.45) is 3.79. The van der Waals surface area contributed by atoms with Crippen LogP contribution in [0.2, 0.25) is 0 Å². The maximum Gasteiger partial charge on any atom is 0.237 e. The van der Waals surface area contributed by atoms with E-state index in [2.05, 4.69) is 35.8 Å². The predicted molar refractivity (Wildman–Crippen MR) is 75.6 cm³/mol. The lowest BCUT2D eigenvalue weighted by molar-refractivity contribution is -0.123. The average Bonchev–Trinajstić information content (AvgIpc) is 2.98. The average molecular weight is 258 g/mol. The molecule has 1 aliphatic heterocycles. The largest absolute Gasteiger partial charge is 0.351 e. The van der Waals surface area contributed by atoms with Crippen LogP contribution >= 0.6 is 0 Å². The second-order valence-corrected chi connectivity index (χ2v) is 5.95. The van der Waals surface area contributed by atoms with Crippen molar-refractivity contribution in [2.75, 3.05) is 6.54 Å². The highest BCUT2D eigenvalue weighted by Gasteiger charge is 2.42. The molecule has 0 radical (unpaired) electrons. The lowest BCUT2D eigenvalue weighted by Gasteiger charge is -2.17. The smallest absolute Gasteiger partial charge is 0.237 e. The highest BCUT2D eigenvalue weighted by atomic mass is 16.2. The number of hydrogen-bond acceptors (Lipinski definition) is 2. The molecule has 3 heteroatoms. The zero-order chi connectivity index (χ0) is 13.2. The van der Waals surface area contributed by atoms with E-state index in [4.69, 9.17) is 0 Å². The molecular formula is C16H22N2O. The van der Waals surface area contributed by atoms with Crippen molar-refractivity contribution in [3.63, 3.8) is 0 Å². The molecule has 1 aliphatic carbocycles. The van der Waals surface area contributed by atoms with Crippen LogP contribution in [0.3, 0.4) is 0 Å². The van der Waals surface area contributed by atoms with Crippen molar-refractivity contribution < 1.29 is 4.79 Å². The van der Waals surface area contributed by atoms with E-state index < -0.39 is 0 Å². The molecule has 1 aromatic rings. The molecule has 0 aromatic heterocycles. The fourth-order valence-corrected chi connectivity index (χ4v) is 3.60. The van der Waals surface area contributed by atoms with Gasteiger partial charge in [-0.05, 0) is 43.7 Å². The summed E-state index contributed by atoms with van der Waals surface area (Å²) in [5.41, 5.74) is 2.41. The Labute approximate surface area is 114 Å². The van der Waals surface area contributed by atoms with Gasteiger partial charge in [0.05, 0.1) is 6.04 Å². The Morgan fingerprint density at radius 3 is 3.16 bits per heavy atom. The van der Waals surface area contributed by atoms with Crippen LogP contribution in [0.5, 0.6) is 0 Å². The van der Waals surface area contributed by atoms with Crippen molar-refractivity contribution in [3.8, 4) is 0 Å². The van der Waals surface area contributed by atoms with Gasteiger partial charge in [-0.3, -0.25) is 4.79 Å². The molecule has 3 atom stereocenters. The lowest BCUT2D eigenvalue weighted by Crippen LogP contribution is -2.43. The molecule has 3 nitrogen and oxygen atoms in total. The van der Waals surface area contributed by atoms with Gasteiger partial charge in [0.1, 0.15) is 0 Å². The fourth-order valence-electron chi connectivity index (χ4n) is 3.60. The zero-order valence-electron chi connectivity index (χ0n) is 11.5. The topological polar surface area (TPSA) is 41.1 Å². The molecule has 3 rings (SSSR count). The quantitative estimate of drug-likeness (QED) is 0.870. The summed E-state index contributed by atoms with van der Waals surface area (Å²) in [4.78, 5) is 12.3. The minimum atomic E-state index is 0.0392. The van der Waals surface area contributed by atoms with Crippen LogP contribution in [0.1, 0.15) is 30.4 Å². The van der Waals surface area contributed by atoms with Crippen molar-refractivity contribution in [3.05, 3.63) is 35.4 Å². The van der Waals surface area contributed by atoms with E-state index in [0.717, 1.165) is 12.5 Å². The number of benzene rings is 1. The van der Waals surface area contributed by atoms with Crippen molar-refractivity contribution in [1.82, 2.24) is 10.6 Å². The number of rotatable bonds is 3. The Morgan fingerprint density at radius 1 is 1.42 bits per heavy atom. The Kier molecular flexibility index (Phi) is 3.56. The Bertz CT molecular complexity index is 472. The predicted octanol–water partition coefficient (Wildman–Crippen LogP) is 2.00. The first-order chi connectivity index (χ1) is 9.24. The molecule has 0 spiro atoms. The first-order valence-corrected chi connectivity index (χ1v) is 7.30. The van der Waals surface area contributed by atoms with Crippen molar-refractivity contribution in [2.45, 2.75) is 38.8 Å². The summed E-state index contributed by atoms with van der Waals surface area (Å²) < 4.78 is 0. The van der Waals surface area contributed by atoms with Gasteiger partial charge >= 0.3 is 0 Å². The number of fused-ring (bicyclic) bond motifs is 1. The minimum absolute atomic E-state index is 0.0392. The molecule has 1 aromatic carbocycles. The van der Waals surface area contributed by atoms with Crippen LogP contribution in [0, 0.1) is 18.8 Å². The molecule has 2 N–H and O–H groups in total. The summed E-state index contributed by atoms with van der Waals surface area (Å²) in [5.74, 6) is 1.48. The SMILES string of the molecule is Cc1cccc(CNC(=O)C2NCC3CCCC32)c1. The Morgan fingerprint density at radius 2 is 2.32 bits per heavy atom. The zero-order valence-corrected chi connectivity index (χ0v) is 11.5.